The summed E-state index contributed by atoms with van der Waals surface area (Å²) in [6.45, 7) is 1.61. The number of hydrogen-bond donors (Lipinski definition) is 1. The highest BCUT2D eigenvalue weighted by molar-refractivity contribution is 9.10. The molecule has 1 aromatic rings. The Labute approximate surface area is 122 Å². The van der Waals surface area contributed by atoms with Crippen LogP contribution in [0.25, 0.3) is 0 Å². The standard InChI is InChI=1S/C14H20BrFN2O/c1-18(2)9-3-8-17-14(19)7-5-11-4-6-12(15)10-13(11)16/h4,6,10H,3,5,7-9H2,1-2H3,(H,17,19). The summed E-state index contributed by atoms with van der Waals surface area (Å²) >= 11 is 3.21. The maximum Gasteiger partial charge on any atom is 0.220 e. The van der Waals surface area contributed by atoms with Gasteiger partial charge in [-0.25, -0.2) is 4.39 Å². The number of nitrogens with one attached hydrogen (secondary N) is 1. The van der Waals surface area contributed by atoms with Crippen LogP contribution in [0.3, 0.4) is 0 Å². The van der Waals surface area contributed by atoms with E-state index in [0.29, 0.717) is 29.4 Å². The molecule has 106 valence electrons. The molecular weight excluding hydrogens is 311 g/mol. The molecule has 0 saturated heterocycles. The normalized spacial score (nSPS) is 10.8. The number of nitrogens with zero attached hydrogens (tertiary/aromatic N) is 1. The van der Waals surface area contributed by atoms with Crippen molar-refractivity contribution in [1.29, 1.82) is 0 Å². The Kier molecular flexibility index (Phi) is 7.02. The molecule has 0 atom stereocenters. The van der Waals surface area contributed by atoms with Gasteiger partial charge in [-0.3, -0.25) is 4.79 Å². The Morgan fingerprint density at radius 1 is 1.42 bits per heavy atom. The van der Waals surface area contributed by atoms with Gasteiger partial charge >= 0.3 is 0 Å². The lowest BCUT2D eigenvalue weighted by Gasteiger charge is -2.10. The van der Waals surface area contributed by atoms with Crippen molar-refractivity contribution < 1.29 is 9.18 Å². The number of aryl methyl sites for hydroxylation is 1. The van der Waals surface area contributed by atoms with Gasteiger partial charge < -0.3 is 10.2 Å². The van der Waals surface area contributed by atoms with E-state index < -0.39 is 0 Å². The van der Waals surface area contributed by atoms with Crippen molar-refractivity contribution in [2.24, 2.45) is 0 Å². The van der Waals surface area contributed by atoms with Crippen molar-refractivity contribution >= 4 is 21.8 Å². The molecule has 0 radical (unpaired) electrons. The highest BCUT2D eigenvalue weighted by atomic mass is 79.9. The molecule has 1 N–H and O–H groups in total. The lowest BCUT2D eigenvalue weighted by atomic mass is 10.1. The fraction of sp³-hybridized carbons (Fsp3) is 0.500. The largest absolute Gasteiger partial charge is 0.356 e. The van der Waals surface area contributed by atoms with Crippen LogP contribution in [0.15, 0.2) is 22.7 Å². The molecule has 0 heterocycles. The summed E-state index contributed by atoms with van der Waals surface area (Å²) in [5.41, 5.74) is 0.576. The maximum atomic E-state index is 13.5. The number of rotatable bonds is 7. The molecule has 0 fully saturated rings. The molecule has 0 spiro atoms. The SMILES string of the molecule is CN(C)CCCNC(=O)CCc1ccc(Br)cc1F. The van der Waals surface area contributed by atoms with E-state index in [1.54, 1.807) is 12.1 Å². The first-order valence-electron chi connectivity index (χ1n) is 6.34. The highest BCUT2D eigenvalue weighted by Crippen LogP contribution is 2.16. The molecule has 3 nitrogen and oxygen atoms in total. The van der Waals surface area contributed by atoms with E-state index in [1.165, 1.54) is 6.07 Å². The van der Waals surface area contributed by atoms with Crippen LogP contribution in [-0.2, 0) is 11.2 Å². The van der Waals surface area contributed by atoms with Crippen LogP contribution >= 0.6 is 15.9 Å². The van der Waals surface area contributed by atoms with Gasteiger partial charge in [-0.2, -0.15) is 0 Å². The van der Waals surface area contributed by atoms with Gasteiger partial charge in [-0.05, 0) is 51.2 Å². The number of amides is 1. The predicted molar refractivity (Wildman–Crippen MR) is 78.6 cm³/mol. The van der Waals surface area contributed by atoms with Gasteiger partial charge in [-0.1, -0.05) is 22.0 Å². The molecule has 0 aliphatic carbocycles. The van der Waals surface area contributed by atoms with E-state index in [2.05, 4.69) is 26.1 Å². The fourth-order valence-corrected chi connectivity index (χ4v) is 2.02. The van der Waals surface area contributed by atoms with Crippen molar-refractivity contribution in [3.05, 3.63) is 34.1 Å². The molecule has 19 heavy (non-hydrogen) atoms. The third-order valence-electron chi connectivity index (χ3n) is 2.74. The minimum Gasteiger partial charge on any atom is -0.356 e. The molecule has 5 heteroatoms. The molecular formula is C14H20BrFN2O. The Bertz CT molecular complexity index is 424. The molecule has 0 aliphatic heterocycles. The van der Waals surface area contributed by atoms with Gasteiger partial charge in [0.15, 0.2) is 0 Å². The van der Waals surface area contributed by atoms with Gasteiger partial charge in [0.1, 0.15) is 5.82 Å². The van der Waals surface area contributed by atoms with Crippen LogP contribution in [0.1, 0.15) is 18.4 Å². The average molecular weight is 331 g/mol. The average Bonchev–Trinajstić information content (AvgIpc) is 2.33. The van der Waals surface area contributed by atoms with E-state index in [4.69, 9.17) is 0 Å². The number of benzene rings is 1. The van der Waals surface area contributed by atoms with E-state index in [1.807, 2.05) is 14.1 Å². The van der Waals surface area contributed by atoms with Crippen LogP contribution in [0, 0.1) is 5.82 Å². The molecule has 0 aromatic heterocycles. The minimum atomic E-state index is -0.269. The number of carbonyl (C=O) groups excluding carboxylic acids is 1. The second-order valence-electron chi connectivity index (χ2n) is 4.74. The van der Waals surface area contributed by atoms with Gasteiger partial charge in [0, 0.05) is 17.4 Å². The van der Waals surface area contributed by atoms with E-state index in [0.717, 1.165) is 13.0 Å². The molecule has 1 amide bonds. The maximum absolute atomic E-state index is 13.5. The first-order chi connectivity index (χ1) is 8.99. The number of hydrogen-bond acceptors (Lipinski definition) is 2. The van der Waals surface area contributed by atoms with E-state index in [9.17, 15) is 9.18 Å². The molecule has 0 aliphatic rings. The first-order valence-corrected chi connectivity index (χ1v) is 7.13. The quantitative estimate of drug-likeness (QED) is 0.779. The first kappa shape index (κ1) is 16.1. The second kappa shape index (κ2) is 8.27. The van der Waals surface area contributed by atoms with Crippen LogP contribution in [0.4, 0.5) is 4.39 Å². The van der Waals surface area contributed by atoms with Crippen LogP contribution in [0.5, 0.6) is 0 Å². The van der Waals surface area contributed by atoms with Gasteiger partial charge in [0.2, 0.25) is 5.91 Å². The van der Waals surface area contributed by atoms with E-state index in [-0.39, 0.29) is 11.7 Å². The summed E-state index contributed by atoms with van der Waals surface area (Å²) in [6.07, 6.45) is 1.67. The number of carbonyl (C=O) groups is 1. The number of halogens is 2. The zero-order valence-electron chi connectivity index (χ0n) is 11.4. The zero-order chi connectivity index (χ0) is 14.3. The van der Waals surface area contributed by atoms with Crippen molar-refractivity contribution in [2.45, 2.75) is 19.3 Å². The molecule has 0 bridgehead atoms. The zero-order valence-corrected chi connectivity index (χ0v) is 13.0. The summed E-state index contributed by atoms with van der Waals surface area (Å²) in [7, 11) is 4.00. The summed E-state index contributed by atoms with van der Waals surface area (Å²) in [5, 5.41) is 2.84. The molecule has 0 unspecified atom stereocenters. The summed E-state index contributed by atoms with van der Waals surface area (Å²) in [6, 6.07) is 4.91. The lowest BCUT2D eigenvalue weighted by Crippen LogP contribution is -2.27. The van der Waals surface area contributed by atoms with Crippen molar-refractivity contribution in [1.82, 2.24) is 10.2 Å². The minimum absolute atomic E-state index is 0.0268. The third kappa shape index (κ3) is 6.68. The third-order valence-corrected chi connectivity index (χ3v) is 3.23. The molecule has 1 aromatic carbocycles. The Morgan fingerprint density at radius 3 is 2.79 bits per heavy atom. The van der Waals surface area contributed by atoms with Crippen molar-refractivity contribution in [3.8, 4) is 0 Å². The molecule has 1 rings (SSSR count). The molecule has 0 saturated carbocycles. The van der Waals surface area contributed by atoms with Crippen molar-refractivity contribution in [3.63, 3.8) is 0 Å². The predicted octanol–water partition coefficient (Wildman–Crippen LogP) is 2.59. The van der Waals surface area contributed by atoms with Crippen LogP contribution < -0.4 is 5.32 Å². The Balaban J connectivity index is 2.26. The second-order valence-corrected chi connectivity index (χ2v) is 5.66. The topological polar surface area (TPSA) is 32.3 Å². The van der Waals surface area contributed by atoms with E-state index >= 15 is 0 Å². The van der Waals surface area contributed by atoms with Gasteiger partial charge in [-0.15, -0.1) is 0 Å². The monoisotopic (exact) mass is 330 g/mol. The van der Waals surface area contributed by atoms with Crippen LogP contribution in [-0.4, -0.2) is 38.0 Å². The highest BCUT2D eigenvalue weighted by Gasteiger charge is 2.06. The fourth-order valence-electron chi connectivity index (χ4n) is 1.68. The summed E-state index contributed by atoms with van der Waals surface area (Å²) in [4.78, 5) is 13.7. The lowest BCUT2D eigenvalue weighted by molar-refractivity contribution is -0.121. The van der Waals surface area contributed by atoms with Crippen LogP contribution in [0.2, 0.25) is 0 Å². The summed E-state index contributed by atoms with van der Waals surface area (Å²) in [5.74, 6) is -0.296. The Hall–Kier alpha value is -0.940. The Morgan fingerprint density at radius 2 is 2.16 bits per heavy atom. The smallest absolute Gasteiger partial charge is 0.220 e. The summed E-state index contributed by atoms with van der Waals surface area (Å²) < 4.78 is 14.2. The van der Waals surface area contributed by atoms with Crippen molar-refractivity contribution in [2.75, 3.05) is 27.2 Å². The van der Waals surface area contributed by atoms with Gasteiger partial charge in [0.05, 0.1) is 0 Å². The van der Waals surface area contributed by atoms with Gasteiger partial charge in [0.25, 0.3) is 0 Å².